The molecule has 3 nitrogen and oxygen atoms in total. The van der Waals surface area contributed by atoms with Gasteiger partial charge in [0.05, 0.1) is 10.6 Å². The van der Waals surface area contributed by atoms with E-state index in [0.717, 1.165) is 6.20 Å². The molecule has 96 valence electrons. The van der Waals surface area contributed by atoms with Crippen molar-refractivity contribution in [2.45, 2.75) is 19.3 Å². The number of hydrogen-bond donors (Lipinski definition) is 1. The molecule has 0 aliphatic heterocycles. The fourth-order valence-corrected chi connectivity index (χ4v) is 1.37. The van der Waals surface area contributed by atoms with Crippen LogP contribution in [-0.2, 0) is 6.54 Å². The lowest BCUT2D eigenvalue weighted by molar-refractivity contribution is -0.276. The van der Waals surface area contributed by atoms with Crippen molar-refractivity contribution in [3.8, 4) is 5.88 Å². The number of nitrogens with two attached hydrogens (primary N) is 1. The molecule has 1 aromatic rings. The molecule has 0 bridgehead atoms. The number of alkyl halides is 5. The van der Waals surface area contributed by atoms with Crippen LogP contribution < -0.4 is 10.5 Å². The number of aromatic nitrogens is 1. The van der Waals surface area contributed by atoms with Gasteiger partial charge in [-0.2, -0.15) is 0 Å². The van der Waals surface area contributed by atoms with Crippen LogP contribution in [0, 0.1) is 0 Å². The van der Waals surface area contributed by atoms with Crippen molar-refractivity contribution < 1.29 is 26.7 Å². The average molecular weight is 277 g/mol. The molecule has 0 amide bonds. The van der Waals surface area contributed by atoms with E-state index in [9.17, 15) is 22.0 Å². The summed E-state index contributed by atoms with van der Waals surface area (Å²) in [7, 11) is 0. The van der Waals surface area contributed by atoms with E-state index in [-0.39, 0.29) is 10.6 Å². The molecule has 0 fully saturated rings. The van der Waals surface area contributed by atoms with Crippen molar-refractivity contribution >= 4 is 11.6 Å². The SMILES string of the molecule is NCc1c(Cl)cnc(OC(F)(F)F)c1C(F)F. The Morgan fingerprint density at radius 1 is 1.41 bits per heavy atom. The van der Waals surface area contributed by atoms with E-state index in [0.29, 0.717) is 0 Å². The zero-order chi connectivity index (χ0) is 13.2. The maximum atomic E-state index is 12.6. The van der Waals surface area contributed by atoms with Gasteiger partial charge in [0.1, 0.15) is 0 Å². The first-order valence-corrected chi connectivity index (χ1v) is 4.55. The lowest BCUT2D eigenvalue weighted by Crippen LogP contribution is -2.20. The maximum Gasteiger partial charge on any atom is 0.574 e. The molecule has 17 heavy (non-hydrogen) atoms. The minimum absolute atomic E-state index is 0.239. The zero-order valence-electron chi connectivity index (χ0n) is 8.06. The van der Waals surface area contributed by atoms with Gasteiger partial charge < -0.3 is 10.5 Å². The molecular weight excluding hydrogens is 271 g/mol. The first kappa shape index (κ1) is 13.9. The molecule has 0 aliphatic carbocycles. The highest BCUT2D eigenvalue weighted by atomic mass is 35.5. The Kier molecular flexibility index (Phi) is 4.10. The standard InChI is InChI=1S/C8H6ClF5N2O/c9-4-2-16-7(17-8(12,13)14)5(6(10)11)3(4)1-15/h2,6H,1,15H2. The summed E-state index contributed by atoms with van der Waals surface area (Å²) in [6.45, 7) is -0.449. The van der Waals surface area contributed by atoms with Gasteiger partial charge in [-0.3, -0.25) is 0 Å². The van der Waals surface area contributed by atoms with Crippen LogP contribution in [0.5, 0.6) is 5.88 Å². The van der Waals surface area contributed by atoms with E-state index in [4.69, 9.17) is 17.3 Å². The molecule has 0 radical (unpaired) electrons. The quantitative estimate of drug-likeness (QED) is 0.863. The smallest absolute Gasteiger partial charge is 0.387 e. The molecular formula is C8H6ClF5N2O. The highest BCUT2D eigenvalue weighted by Gasteiger charge is 2.35. The number of rotatable bonds is 3. The molecule has 1 rings (SSSR count). The molecule has 0 atom stereocenters. The zero-order valence-corrected chi connectivity index (χ0v) is 8.82. The van der Waals surface area contributed by atoms with E-state index in [2.05, 4.69) is 9.72 Å². The van der Waals surface area contributed by atoms with Crippen molar-refractivity contribution in [2.75, 3.05) is 0 Å². The Balaban J connectivity index is 3.30. The van der Waals surface area contributed by atoms with Gasteiger partial charge >= 0.3 is 6.36 Å². The number of hydrogen-bond acceptors (Lipinski definition) is 3. The van der Waals surface area contributed by atoms with Crippen LogP contribution in [0.2, 0.25) is 5.02 Å². The Morgan fingerprint density at radius 2 is 2.00 bits per heavy atom. The Morgan fingerprint density at radius 3 is 2.41 bits per heavy atom. The van der Waals surface area contributed by atoms with Crippen molar-refractivity contribution in [3.05, 3.63) is 22.3 Å². The van der Waals surface area contributed by atoms with Crippen LogP contribution in [0.25, 0.3) is 0 Å². The predicted octanol–water partition coefficient (Wildman–Crippen LogP) is 3.03. The van der Waals surface area contributed by atoms with Crippen molar-refractivity contribution in [1.82, 2.24) is 4.98 Å². The summed E-state index contributed by atoms with van der Waals surface area (Å²) in [6, 6.07) is 0. The van der Waals surface area contributed by atoms with E-state index >= 15 is 0 Å². The number of ether oxygens (including phenoxy) is 1. The first-order valence-electron chi connectivity index (χ1n) is 4.17. The fraction of sp³-hybridized carbons (Fsp3) is 0.375. The molecule has 2 N–H and O–H groups in total. The molecule has 0 saturated heterocycles. The Hall–Kier alpha value is -1.15. The largest absolute Gasteiger partial charge is 0.574 e. The van der Waals surface area contributed by atoms with Crippen molar-refractivity contribution in [3.63, 3.8) is 0 Å². The van der Waals surface area contributed by atoms with Gasteiger partial charge in [0.2, 0.25) is 5.88 Å². The van der Waals surface area contributed by atoms with Crippen LogP contribution in [0.3, 0.4) is 0 Å². The highest BCUT2D eigenvalue weighted by molar-refractivity contribution is 6.31. The van der Waals surface area contributed by atoms with Crippen LogP contribution >= 0.6 is 11.6 Å². The monoisotopic (exact) mass is 276 g/mol. The van der Waals surface area contributed by atoms with Gasteiger partial charge in [-0.15, -0.1) is 13.2 Å². The van der Waals surface area contributed by atoms with Gasteiger partial charge in [-0.25, -0.2) is 13.8 Å². The third kappa shape index (κ3) is 3.40. The summed E-state index contributed by atoms with van der Waals surface area (Å²) in [6.07, 6.45) is -7.57. The third-order valence-electron chi connectivity index (χ3n) is 1.77. The van der Waals surface area contributed by atoms with Crippen LogP contribution in [-0.4, -0.2) is 11.3 Å². The van der Waals surface area contributed by atoms with Gasteiger partial charge in [0, 0.05) is 18.3 Å². The second-order valence-corrected chi connectivity index (χ2v) is 3.26. The third-order valence-corrected chi connectivity index (χ3v) is 2.10. The van der Waals surface area contributed by atoms with Crippen molar-refractivity contribution in [2.24, 2.45) is 5.73 Å². The number of halogens is 6. The first-order chi connectivity index (χ1) is 7.76. The number of nitrogens with zero attached hydrogens (tertiary/aromatic N) is 1. The lowest BCUT2D eigenvalue weighted by atomic mass is 10.1. The number of pyridine rings is 1. The minimum atomic E-state index is -5.11. The fourth-order valence-electron chi connectivity index (χ4n) is 1.14. The van der Waals surface area contributed by atoms with Crippen LogP contribution in [0.1, 0.15) is 17.6 Å². The Labute approximate surface area is 97.3 Å². The van der Waals surface area contributed by atoms with Gasteiger partial charge in [-0.05, 0) is 0 Å². The second-order valence-electron chi connectivity index (χ2n) is 2.86. The lowest BCUT2D eigenvalue weighted by Gasteiger charge is -2.15. The molecule has 0 spiro atoms. The van der Waals surface area contributed by atoms with Gasteiger partial charge in [0.15, 0.2) is 0 Å². The molecule has 1 heterocycles. The molecule has 1 aromatic heterocycles. The van der Waals surface area contributed by atoms with Crippen LogP contribution in [0.4, 0.5) is 22.0 Å². The van der Waals surface area contributed by atoms with E-state index < -0.39 is 30.8 Å². The summed E-state index contributed by atoms with van der Waals surface area (Å²) < 4.78 is 64.5. The van der Waals surface area contributed by atoms with E-state index in [1.54, 1.807) is 0 Å². The van der Waals surface area contributed by atoms with Gasteiger partial charge in [0.25, 0.3) is 6.43 Å². The predicted molar refractivity (Wildman–Crippen MR) is 48.8 cm³/mol. The summed E-state index contributed by atoms with van der Waals surface area (Å²) in [5, 5.41) is -0.239. The highest BCUT2D eigenvalue weighted by Crippen LogP contribution is 2.36. The summed E-state index contributed by atoms with van der Waals surface area (Å²) >= 11 is 5.50. The summed E-state index contributed by atoms with van der Waals surface area (Å²) in [5.41, 5.74) is 3.77. The van der Waals surface area contributed by atoms with Gasteiger partial charge in [-0.1, -0.05) is 11.6 Å². The normalized spacial score (nSPS) is 12.0. The van der Waals surface area contributed by atoms with E-state index in [1.807, 2.05) is 0 Å². The molecule has 0 unspecified atom stereocenters. The summed E-state index contributed by atoms with van der Waals surface area (Å²) in [4.78, 5) is 3.08. The topological polar surface area (TPSA) is 48.1 Å². The van der Waals surface area contributed by atoms with Crippen LogP contribution in [0.15, 0.2) is 6.20 Å². The second kappa shape index (κ2) is 5.01. The molecule has 0 aromatic carbocycles. The van der Waals surface area contributed by atoms with E-state index in [1.165, 1.54) is 0 Å². The summed E-state index contributed by atoms with van der Waals surface area (Å²) in [5.74, 6) is -1.24. The molecule has 0 saturated carbocycles. The maximum absolute atomic E-state index is 12.6. The van der Waals surface area contributed by atoms with Crippen molar-refractivity contribution in [1.29, 1.82) is 0 Å². The average Bonchev–Trinajstić information content (AvgIpc) is 2.17. The molecule has 0 aliphatic rings. The minimum Gasteiger partial charge on any atom is -0.387 e. The Bertz CT molecular complexity index is 410. The molecule has 9 heteroatoms.